The van der Waals surface area contributed by atoms with Crippen molar-refractivity contribution >= 4 is 17.6 Å². The van der Waals surface area contributed by atoms with Gasteiger partial charge >= 0.3 is 5.97 Å². The van der Waals surface area contributed by atoms with E-state index >= 15 is 0 Å². The van der Waals surface area contributed by atoms with E-state index < -0.39 is 0 Å². The Morgan fingerprint density at radius 2 is 1.65 bits per heavy atom. The zero-order valence-electron chi connectivity index (χ0n) is 18.5. The lowest BCUT2D eigenvalue weighted by atomic mass is 10.1. The number of benzene rings is 1. The highest BCUT2D eigenvalue weighted by molar-refractivity contribution is 5.69. The van der Waals surface area contributed by atoms with E-state index in [1.165, 1.54) is 11.1 Å². The molecule has 0 bridgehead atoms. The Hall–Kier alpha value is -3.21. The smallest absolute Gasteiger partial charge is 0.305 e. The molecule has 0 fully saturated rings. The number of nitrogens with zero attached hydrogens (tertiary/aromatic N) is 3. The fourth-order valence-corrected chi connectivity index (χ4v) is 3.48. The van der Waals surface area contributed by atoms with Gasteiger partial charge in [-0.05, 0) is 62.1 Å². The molecule has 0 spiro atoms. The topological polar surface area (TPSA) is 55.3 Å². The monoisotopic (exact) mass is 417 g/mol. The van der Waals surface area contributed by atoms with E-state index in [9.17, 15) is 4.79 Å². The molecule has 3 aromatic rings. The van der Waals surface area contributed by atoms with Crippen molar-refractivity contribution in [2.45, 2.75) is 46.0 Å². The molecule has 3 rings (SSSR count). The lowest BCUT2D eigenvalue weighted by molar-refractivity contribution is -0.143. The van der Waals surface area contributed by atoms with Gasteiger partial charge in [-0.2, -0.15) is 0 Å². The number of esters is 1. The third-order valence-corrected chi connectivity index (χ3v) is 5.15. The Morgan fingerprint density at radius 3 is 2.39 bits per heavy atom. The molecule has 0 amide bonds. The standard InChI is InChI=1S/C26H31N3O2/c1-3-31-26(30)11-6-4-5-9-19-29(24-10-7-8-17-27-24)25-20-23(16-18-28-25)22-14-12-21(2)13-15-22/h7-8,10,12-18,20H,3-6,9,11,19H2,1-2H3. The van der Waals surface area contributed by atoms with Gasteiger partial charge in [0, 0.05) is 25.4 Å². The minimum absolute atomic E-state index is 0.102. The number of hydrogen-bond acceptors (Lipinski definition) is 5. The van der Waals surface area contributed by atoms with Gasteiger partial charge in [-0.1, -0.05) is 48.7 Å². The molecule has 0 saturated heterocycles. The molecule has 0 N–H and O–H groups in total. The zero-order valence-corrected chi connectivity index (χ0v) is 18.5. The summed E-state index contributed by atoms with van der Waals surface area (Å²) in [4.78, 5) is 22.8. The summed E-state index contributed by atoms with van der Waals surface area (Å²) in [5, 5.41) is 0. The zero-order chi connectivity index (χ0) is 21.9. The van der Waals surface area contributed by atoms with Crippen LogP contribution in [0.1, 0.15) is 44.6 Å². The number of carbonyl (C=O) groups is 1. The molecule has 0 aliphatic heterocycles. The van der Waals surface area contributed by atoms with Gasteiger partial charge in [0.25, 0.3) is 0 Å². The summed E-state index contributed by atoms with van der Waals surface area (Å²) in [6, 6.07) is 18.6. The highest BCUT2D eigenvalue weighted by Gasteiger charge is 2.13. The second kappa shape index (κ2) is 11.8. The second-order valence-corrected chi connectivity index (χ2v) is 7.58. The van der Waals surface area contributed by atoms with Crippen LogP contribution in [0.25, 0.3) is 11.1 Å². The Bertz CT molecular complexity index is 942. The first-order chi connectivity index (χ1) is 15.2. The largest absolute Gasteiger partial charge is 0.466 e. The first kappa shape index (κ1) is 22.5. The molecule has 2 heterocycles. The quantitative estimate of drug-likeness (QED) is 0.278. The minimum Gasteiger partial charge on any atom is -0.466 e. The third-order valence-electron chi connectivity index (χ3n) is 5.15. The summed E-state index contributed by atoms with van der Waals surface area (Å²) in [6.07, 6.45) is 8.08. The molecule has 0 saturated carbocycles. The van der Waals surface area contributed by atoms with Gasteiger partial charge in [-0.15, -0.1) is 0 Å². The molecule has 162 valence electrons. The lowest BCUT2D eigenvalue weighted by Gasteiger charge is -2.23. The van der Waals surface area contributed by atoms with Gasteiger partial charge in [0.15, 0.2) is 0 Å². The summed E-state index contributed by atoms with van der Waals surface area (Å²) in [6.45, 7) is 5.20. The Balaban J connectivity index is 1.67. The van der Waals surface area contributed by atoms with E-state index in [1.54, 1.807) is 0 Å². The Morgan fingerprint density at radius 1 is 0.871 bits per heavy atom. The second-order valence-electron chi connectivity index (χ2n) is 7.58. The van der Waals surface area contributed by atoms with Crippen LogP contribution in [0.4, 0.5) is 11.6 Å². The number of unbranched alkanes of at least 4 members (excludes halogenated alkanes) is 3. The molecule has 0 atom stereocenters. The van der Waals surface area contributed by atoms with Crippen molar-refractivity contribution in [2.75, 3.05) is 18.1 Å². The average molecular weight is 418 g/mol. The van der Waals surface area contributed by atoms with Crippen LogP contribution in [0.3, 0.4) is 0 Å². The maximum Gasteiger partial charge on any atom is 0.305 e. The van der Waals surface area contributed by atoms with Crippen molar-refractivity contribution < 1.29 is 9.53 Å². The van der Waals surface area contributed by atoms with E-state index in [0.717, 1.165) is 49.4 Å². The summed E-state index contributed by atoms with van der Waals surface area (Å²) >= 11 is 0. The van der Waals surface area contributed by atoms with Crippen molar-refractivity contribution in [1.82, 2.24) is 9.97 Å². The molecule has 0 unspecified atom stereocenters. The summed E-state index contributed by atoms with van der Waals surface area (Å²) in [7, 11) is 0. The lowest BCUT2D eigenvalue weighted by Crippen LogP contribution is -2.20. The third kappa shape index (κ3) is 6.92. The number of rotatable bonds is 11. The Labute approximate surface area is 185 Å². The van der Waals surface area contributed by atoms with Gasteiger partial charge < -0.3 is 9.64 Å². The molecule has 2 aromatic heterocycles. The normalized spacial score (nSPS) is 10.6. The predicted octanol–water partition coefficient (Wildman–Crippen LogP) is 6.10. The van der Waals surface area contributed by atoms with Crippen LogP contribution in [-0.4, -0.2) is 29.1 Å². The molecule has 0 aliphatic carbocycles. The fourth-order valence-electron chi connectivity index (χ4n) is 3.48. The van der Waals surface area contributed by atoms with E-state index in [4.69, 9.17) is 4.74 Å². The molecule has 0 aliphatic rings. The van der Waals surface area contributed by atoms with E-state index in [1.807, 2.05) is 43.6 Å². The first-order valence-corrected chi connectivity index (χ1v) is 11.0. The van der Waals surface area contributed by atoms with Crippen LogP contribution >= 0.6 is 0 Å². The molecular weight excluding hydrogens is 386 g/mol. The van der Waals surface area contributed by atoms with Crippen molar-refractivity contribution in [3.8, 4) is 11.1 Å². The molecule has 31 heavy (non-hydrogen) atoms. The van der Waals surface area contributed by atoms with Gasteiger partial charge in [0.2, 0.25) is 0 Å². The number of hydrogen-bond donors (Lipinski definition) is 0. The van der Waals surface area contributed by atoms with E-state index in [2.05, 4.69) is 52.1 Å². The number of aryl methyl sites for hydroxylation is 1. The molecule has 5 heteroatoms. The van der Waals surface area contributed by atoms with Crippen LogP contribution in [0, 0.1) is 6.92 Å². The van der Waals surface area contributed by atoms with Crippen LogP contribution < -0.4 is 4.90 Å². The first-order valence-electron chi connectivity index (χ1n) is 11.0. The number of pyridine rings is 2. The minimum atomic E-state index is -0.102. The molecule has 5 nitrogen and oxygen atoms in total. The van der Waals surface area contributed by atoms with Crippen molar-refractivity contribution in [1.29, 1.82) is 0 Å². The van der Waals surface area contributed by atoms with Crippen LogP contribution in [-0.2, 0) is 9.53 Å². The molecule has 1 aromatic carbocycles. The van der Waals surface area contributed by atoms with Gasteiger partial charge in [-0.3, -0.25) is 4.79 Å². The van der Waals surface area contributed by atoms with Crippen molar-refractivity contribution in [3.63, 3.8) is 0 Å². The summed E-state index contributed by atoms with van der Waals surface area (Å²) < 4.78 is 4.99. The SMILES string of the molecule is CCOC(=O)CCCCCCN(c1ccccn1)c1cc(-c2ccc(C)cc2)ccn1. The maximum atomic E-state index is 11.5. The highest BCUT2D eigenvalue weighted by Crippen LogP contribution is 2.27. The average Bonchev–Trinajstić information content (AvgIpc) is 2.80. The number of anilines is 2. The molecule has 0 radical (unpaired) electrons. The number of carbonyl (C=O) groups excluding carboxylic acids is 1. The summed E-state index contributed by atoms with van der Waals surface area (Å²) in [5.41, 5.74) is 3.56. The van der Waals surface area contributed by atoms with Crippen LogP contribution in [0.15, 0.2) is 67.0 Å². The van der Waals surface area contributed by atoms with Gasteiger partial charge in [0.05, 0.1) is 6.61 Å². The van der Waals surface area contributed by atoms with Gasteiger partial charge in [0.1, 0.15) is 11.6 Å². The maximum absolute atomic E-state index is 11.5. The summed E-state index contributed by atoms with van der Waals surface area (Å²) in [5.74, 6) is 1.68. The number of aromatic nitrogens is 2. The number of ether oxygens (including phenoxy) is 1. The molecular formula is C26H31N3O2. The van der Waals surface area contributed by atoms with E-state index in [0.29, 0.717) is 13.0 Å². The predicted molar refractivity (Wildman–Crippen MR) is 125 cm³/mol. The van der Waals surface area contributed by atoms with Crippen LogP contribution in [0.2, 0.25) is 0 Å². The van der Waals surface area contributed by atoms with Crippen molar-refractivity contribution in [2.24, 2.45) is 0 Å². The highest BCUT2D eigenvalue weighted by atomic mass is 16.5. The van der Waals surface area contributed by atoms with E-state index in [-0.39, 0.29) is 5.97 Å². The van der Waals surface area contributed by atoms with Crippen LogP contribution in [0.5, 0.6) is 0 Å². The fraction of sp³-hybridized carbons (Fsp3) is 0.346. The van der Waals surface area contributed by atoms with Gasteiger partial charge in [-0.25, -0.2) is 9.97 Å². The Kier molecular flexibility index (Phi) is 8.59. The van der Waals surface area contributed by atoms with Crippen molar-refractivity contribution in [3.05, 3.63) is 72.6 Å².